The highest BCUT2D eigenvalue weighted by atomic mass is 32.2. The molecule has 1 fully saturated rings. The molecule has 1 aromatic carbocycles. The van der Waals surface area contributed by atoms with Crippen LogP contribution in [0, 0.1) is 11.8 Å². The second-order valence-corrected chi connectivity index (χ2v) is 8.56. The molecule has 118 valence electrons. The van der Waals surface area contributed by atoms with Crippen LogP contribution in [0.4, 0.5) is 0 Å². The summed E-state index contributed by atoms with van der Waals surface area (Å²) in [6, 6.07) is 10.3. The van der Waals surface area contributed by atoms with Gasteiger partial charge in [-0.25, -0.2) is 0 Å². The standard InChI is InChI=1S/C17H26O2S2/c1-13(11-19-12-15-7-4-3-5-8-15)16(14(2)18)17-20-9-6-10-21-17/h3-5,7-8,13-14,16-18H,6,9-12H2,1-2H3/t13-,14-,16+/m0/s1. The van der Waals surface area contributed by atoms with Gasteiger partial charge in [0.1, 0.15) is 0 Å². The van der Waals surface area contributed by atoms with Crippen LogP contribution in [0.25, 0.3) is 0 Å². The lowest BCUT2D eigenvalue weighted by Gasteiger charge is -2.35. The second-order valence-electron chi connectivity index (χ2n) is 5.76. The van der Waals surface area contributed by atoms with Crippen molar-refractivity contribution in [2.75, 3.05) is 18.1 Å². The number of hydrogen-bond donors (Lipinski definition) is 1. The first kappa shape index (κ1) is 17.2. The maximum absolute atomic E-state index is 10.2. The molecule has 1 N–H and O–H groups in total. The molecule has 1 aliphatic heterocycles. The zero-order chi connectivity index (χ0) is 15.1. The molecule has 0 saturated carbocycles. The first-order chi connectivity index (χ1) is 10.2. The Labute approximate surface area is 137 Å². The Morgan fingerprint density at radius 1 is 1.19 bits per heavy atom. The van der Waals surface area contributed by atoms with E-state index in [2.05, 4.69) is 19.1 Å². The number of benzene rings is 1. The van der Waals surface area contributed by atoms with Gasteiger partial charge in [0.25, 0.3) is 0 Å². The molecule has 0 radical (unpaired) electrons. The second kappa shape index (κ2) is 9.09. The topological polar surface area (TPSA) is 29.5 Å². The van der Waals surface area contributed by atoms with E-state index in [1.165, 1.54) is 23.5 Å². The van der Waals surface area contributed by atoms with E-state index in [4.69, 9.17) is 4.74 Å². The van der Waals surface area contributed by atoms with E-state index in [0.29, 0.717) is 29.6 Å². The van der Waals surface area contributed by atoms with Crippen LogP contribution in [0.3, 0.4) is 0 Å². The molecule has 0 bridgehead atoms. The molecule has 0 spiro atoms. The molecule has 2 rings (SSSR count). The number of thioether (sulfide) groups is 2. The van der Waals surface area contributed by atoms with E-state index in [1.54, 1.807) is 0 Å². The fraction of sp³-hybridized carbons (Fsp3) is 0.647. The van der Waals surface area contributed by atoms with Crippen LogP contribution in [0.15, 0.2) is 30.3 Å². The number of aliphatic hydroxyl groups excluding tert-OH is 1. The minimum atomic E-state index is -0.275. The Kier molecular flexibility index (Phi) is 7.44. The van der Waals surface area contributed by atoms with E-state index < -0.39 is 0 Å². The smallest absolute Gasteiger partial charge is 0.0717 e. The van der Waals surface area contributed by atoms with Crippen LogP contribution in [0.2, 0.25) is 0 Å². The van der Waals surface area contributed by atoms with Crippen molar-refractivity contribution < 1.29 is 9.84 Å². The van der Waals surface area contributed by atoms with Crippen molar-refractivity contribution in [3.05, 3.63) is 35.9 Å². The van der Waals surface area contributed by atoms with Gasteiger partial charge in [-0.05, 0) is 36.3 Å². The van der Waals surface area contributed by atoms with Gasteiger partial charge in [-0.2, -0.15) is 0 Å². The van der Waals surface area contributed by atoms with Gasteiger partial charge < -0.3 is 9.84 Å². The predicted octanol–water partition coefficient (Wildman–Crippen LogP) is 4.03. The molecule has 21 heavy (non-hydrogen) atoms. The average Bonchev–Trinajstić information content (AvgIpc) is 2.49. The minimum Gasteiger partial charge on any atom is -0.393 e. The third kappa shape index (κ3) is 5.51. The van der Waals surface area contributed by atoms with Crippen LogP contribution in [0.5, 0.6) is 0 Å². The first-order valence-electron chi connectivity index (χ1n) is 7.71. The largest absolute Gasteiger partial charge is 0.393 e. The van der Waals surface area contributed by atoms with Gasteiger partial charge in [0, 0.05) is 5.92 Å². The van der Waals surface area contributed by atoms with Crippen molar-refractivity contribution in [1.82, 2.24) is 0 Å². The lowest BCUT2D eigenvalue weighted by atomic mass is 9.91. The quantitative estimate of drug-likeness (QED) is 0.819. The summed E-state index contributed by atoms with van der Waals surface area (Å²) < 4.78 is 6.38. The van der Waals surface area contributed by atoms with Crippen LogP contribution in [-0.2, 0) is 11.3 Å². The fourth-order valence-electron chi connectivity index (χ4n) is 2.75. The third-order valence-electron chi connectivity index (χ3n) is 3.87. The molecule has 1 aromatic rings. The van der Waals surface area contributed by atoms with Gasteiger partial charge in [0.15, 0.2) is 0 Å². The van der Waals surface area contributed by atoms with E-state index in [-0.39, 0.29) is 6.10 Å². The summed E-state index contributed by atoms with van der Waals surface area (Å²) in [5, 5.41) is 10.2. The highest BCUT2D eigenvalue weighted by Gasteiger charge is 2.32. The summed E-state index contributed by atoms with van der Waals surface area (Å²) in [6.45, 7) is 5.50. The zero-order valence-corrected chi connectivity index (χ0v) is 14.5. The number of rotatable bonds is 7. The molecule has 1 aliphatic rings. The molecule has 0 aromatic heterocycles. The summed E-state index contributed by atoms with van der Waals surface area (Å²) in [6.07, 6.45) is 1.01. The lowest BCUT2D eigenvalue weighted by molar-refractivity contribution is 0.0349. The molecule has 0 amide bonds. The van der Waals surface area contributed by atoms with Crippen molar-refractivity contribution in [3.8, 4) is 0 Å². The van der Waals surface area contributed by atoms with Gasteiger partial charge in [-0.3, -0.25) is 0 Å². The van der Waals surface area contributed by atoms with Crippen molar-refractivity contribution >= 4 is 23.5 Å². The molecular weight excluding hydrogens is 300 g/mol. The third-order valence-corrected chi connectivity index (χ3v) is 7.02. The van der Waals surface area contributed by atoms with Crippen molar-refractivity contribution in [2.45, 2.75) is 37.6 Å². The monoisotopic (exact) mass is 326 g/mol. The maximum atomic E-state index is 10.2. The molecular formula is C17H26O2S2. The van der Waals surface area contributed by atoms with Crippen molar-refractivity contribution in [2.24, 2.45) is 11.8 Å². The normalized spacial score (nSPS) is 20.9. The summed E-state index contributed by atoms with van der Waals surface area (Å²) in [7, 11) is 0. The Hall–Kier alpha value is -0.160. The molecule has 3 atom stereocenters. The number of ether oxygens (including phenoxy) is 1. The Balaban J connectivity index is 1.82. The summed E-state index contributed by atoms with van der Waals surface area (Å²) >= 11 is 4.01. The van der Waals surface area contributed by atoms with E-state index in [1.807, 2.05) is 48.6 Å². The van der Waals surface area contributed by atoms with Gasteiger partial charge in [0.05, 0.1) is 23.9 Å². The Bertz CT molecular complexity index is 391. The Morgan fingerprint density at radius 3 is 2.48 bits per heavy atom. The van der Waals surface area contributed by atoms with Gasteiger partial charge in [-0.1, -0.05) is 37.3 Å². The van der Waals surface area contributed by atoms with Crippen LogP contribution < -0.4 is 0 Å². The van der Waals surface area contributed by atoms with Crippen LogP contribution >= 0.6 is 23.5 Å². The van der Waals surface area contributed by atoms with Crippen molar-refractivity contribution in [1.29, 1.82) is 0 Å². The van der Waals surface area contributed by atoms with E-state index in [0.717, 1.165) is 0 Å². The number of aliphatic hydroxyl groups is 1. The van der Waals surface area contributed by atoms with Crippen LogP contribution in [0.1, 0.15) is 25.8 Å². The summed E-state index contributed by atoms with van der Waals surface area (Å²) in [4.78, 5) is 0. The highest BCUT2D eigenvalue weighted by Crippen LogP contribution is 2.40. The predicted molar refractivity (Wildman–Crippen MR) is 93.8 cm³/mol. The minimum absolute atomic E-state index is 0.275. The molecule has 0 aliphatic carbocycles. The van der Waals surface area contributed by atoms with E-state index >= 15 is 0 Å². The highest BCUT2D eigenvalue weighted by molar-refractivity contribution is 8.17. The lowest BCUT2D eigenvalue weighted by Crippen LogP contribution is -2.35. The summed E-state index contributed by atoms with van der Waals surface area (Å²) in [5.41, 5.74) is 1.21. The molecule has 1 heterocycles. The fourth-order valence-corrected chi connectivity index (χ4v) is 6.41. The van der Waals surface area contributed by atoms with Crippen LogP contribution in [-0.4, -0.2) is 33.9 Å². The maximum Gasteiger partial charge on any atom is 0.0717 e. The Morgan fingerprint density at radius 2 is 1.86 bits per heavy atom. The first-order valence-corrected chi connectivity index (χ1v) is 9.81. The number of hydrogen-bond acceptors (Lipinski definition) is 4. The molecule has 1 saturated heterocycles. The molecule has 2 nitrogen and oxygen atoms in total. The zero-order valence-electron chi connectivity index (χ0n) is 12.9. The molecule has 0 unspecified atom stereocenters. The van der Waals surface area contributed by atoms with E-state index in [9.17, 15) is 5.11 Å². The average molecular weight is 327 g/mol. The van der Waals surface area contributed by atoms with Gasteiger partial charge >= 0.3 is 0 Å². The SMILES string of the molecule is C[C@H](O)[C@H](C1SCCCS1)[C@@H](C)COCc1ccccc1. The van der Waals surface area contributed by atoms with Gasteiger partial charge in [0.2, 0.25) is 0 Å². The molecule has 4 heteroatoms. The van der Waals surface area contributed by atoms with Crippen molar-refractivity contribution in [3.63, 3.8) is 0 Å². The summed E-state index contributed by atoms with van der Waals surface area (Å²) in [5.74, 6) is 3.12. The van der Waals surface area contributed by atoms with Gasteiger partial charge in [-0.15, -0.1) is 23.5 Å².